The van der Waals surface area contributed by atoms with Crippen molar-refractivity contribution in [3.05, 3.63) is 65.7 Å². The Labute approximate surface area is 147 Å². The molecule has 0 heterocycles. The summed E-state index contributed by atoms with van der Waals surface area (Å²) >= 11 is 0. The van der Waals surface area contributed by atoms with E-state index in [0.29, 0.717) is 0 Å². The standard InChI is InChI=1S/C19H23N3O3/c1-13(15-11-7-8-12-16(15)25-3)21-17(14-9-5-4-6-10-14)18(23)22-19(24)20-2/h4-13,17,21H,1-3H3,(H2,20,22,23,24)/p+1/t13-,17+/m1/s1. The van der Waals surface area contributed by atoms with E-state index in [1.807, 2.05) is 66.8 Å². The van der Waals surface area contributed by atoms with E-state index in [4.69, 9.17) is 4.74 Å². The number of ether oxygens (including phenoxy) is 1. The number of carbonyl (C=O) groups excluding carboxylic acids is 2. The molecule has 0 fully saturated rings. The van der Waals surface area contributed by atoms with Crippen LogP contribution in [-0.4, -0.2) is 26.1 Å². The predicted molar refractivity (Wildman–Crippen MR) is 95.1 cm³/mol. The fraction of sp³-hybridized carbons (Fsp3) is 0.263. The third-order valence-corrected chi connectivity index (χ3v) is 4.02. The summed E-state index contributed by atoms with van der Waals surface area (Å²) in [5.74, 6) is 0.400. The average Bonchev–Trinajstić information content (AvgIpc) is 2.66. The van der Waals surface area contributed by atoms with Crippen LogP contribution in [0.1, 0.15) is 30.1 Å². The third-order valence-electron chi connectivity index (χ3n) is 4.02. The van der Waals surface area contributed by atoms with Gasteiger partial charge >= 0.3 is 6.03 Å². The van der Waals surface area contributed by atoms with Crippen molar-refractivity contribution in [1.29, 1.82) is 0 Å². The lowest BCUT2D eigenvalue weighted by atomic mass is 10.0. The highest BCUT2D eigenvalue weighted by Gasteiger charge is 2.29. The Bertz CT molecular complexity index is 719. The van der Waals surface area contributed by atoms with E-state index in [1.54, 1.807) is 7.11 Å². The van der Waals surface area contributed by atoms with Crippen LogP contribution in [-0.2, 0) is 4.79 Å². The van der Waals surface area contributed by atoms with Crippen molar-refractivity contribution in [2.45, 2.75) is 19.0 Å². The number of urea groups is 1. The number of imide groups is 1. The van der Waals surface area contributed by atoms with Gasteiger partial charge in [-0.2, -0.15) is 0 Å². The monoisotopic (exact) mass is 342 g/mol. The van der Waals surface area contributed by atoms with Crippen molar-refractivity contribution in [1.82, 2.24) is 10.6 Å². The third kappa shape index (κ3) is 4.81. The number of hydrogen-bond acceptors (Lipinski definition) is 3. The second-order valence-corrected chi connectivity index (χ2v) is 5.68. The van der Waals surface area contributed by atoms with Gasteiger partial charge in [0.2, 0.25) is 0 Å². The van der Waals surface area contributed by atoms with Crippen LogP contribution in [0.3, 0.4) is 0 Å². The van der Waals surface area contributed by atoms with E-state index >= 15 is 0 Å². The Balaban J connectivity index is 2.26. The molecule has 0 saturated carbocycles. The first-order chi connectivity index (χ1) is 12.1. The molecule has 0 aliphatic heterocycles. The van der Waals surface area contributed by atoms with Gasteiger partial charge in [0, 0.05) is 12.6 Å². The Hall–Kier alpha value is -2.86. The van der Waals surface area contributed by atoms with E-state index in [-0.39, 0.29) is 11.9 Å². The first-order valence-electron chi connectivity index (χ1n) is 8.12. The van der Waals surface area contributed by atoms with Gasteiger partial charge in [-0.25, -0.2) is 4.79 Å². The second-order valence-electron chi connectivity index (χ2n) is 5.68. The molecule has 25 heavy (non-hydrogen) atoms. The molecule has 0 bridgehead atoms. The molecule has 6 heteroatoms. The SMILES string of the molecule is CNC(=O)NC(=O)[C@@H]([NH2+][C@H](C)c1ccccc1OC)c1ccccc1. The lowest BCUT2D eigenvalue weighted by molar-refractivity contribution is -0.719. The number of rotatable bonds is 6. The summed E-state index contributed by atoms with van der Waals surface area (Å²) in [4.78, 5) is 24.1. The van der Waals surface area contributed by atoms with Gasteiger partial charge in [-0.3, -0.25) is 10.1 Å². The number of nitrogens with two attached hydrogens (primary N) is 1. The topological polar surface area (TPSA) is 84.0 Å². The van der Waals surface area contributed by atoms with Crippen LogP contribution in [0.2, 0.25) is 0 Å². The Morgan fingerprint density at radius 1 is 1.04 bits per heavy atom. The molecular weight excluding hydrogens is 318 g/mol. The molecular formula is C19H24N3O3+. The van der Waals surface area contributed by atoms with Crippen LogP contribution in [0.25, 0.3) is 0 Å². The van der Waals surface area contributed by atoms with Crippen molar-refractivity contribution >= 4 is 11.9 Å². The molecule has 0 radical (unpaired) electrons. The number of hydrogen-bond donors (Lipinski definition) is 3. The first kappa shape index (κ1) is 18.5. The molecule has 0 aliphatic rings. The quantitative estimate of drug-likeness (QED) is 0.744. The number of amides is 3. The molecule has 2 aromatic rings. The summed E-state index contributed by atoms with van der Waals surface area (Å²) in [5.41, 5.74) is 1.81. The van der Waals surface area contributed by atoms with Crippen LogP contribution in [0, 0.1) is 0 Å². The smallest absolute Gasteiger partial charge is 0.321 e. The van der Waals surface area contributed by atoms with Crippen LogP contribution < -0.4 is 20.7 Å². The minimum atomic E-state index is -0.557. The van der Waals surface area contributed by atoms with Gasteiger partial charge in [0.25, 0.3) is 5.91 Å². The fourth-order valence-corrected chi connectivity index (χ4v) is 2.70. The van der Waals surface area contributed by atoms with Crippen LogP contribution >= 0.6 is 0 Å². The fourth-order valence-electron chi connectivity index (χ4n) is 2.70. The number of methoxy groups -OCH3 is 1. The molecule has 6 nitrogen and oxygen atoms in total. The van der Waals surface area contributed by atoms with Crippen molar-refractivity contribution in [2.75, 3.05) is 14.2 Å². The maximum absolute atomic E-state index is 12.6. The molecule has 132 valence electrons. The molecule has 0 aromatic heterocycles. The molecule has 3 amide bonds. The van der Waals surface area contributed by atoms with Crippen molar-refractivity contribution in [3.63, 3.8) is 0 Å². The van der Waals surface area contributed by atoms with Gasteiger partial charge in [-0.05, 0) is 19.1 Å². The Morgan fingerprint density at radius 2 is 1.68 bits per heavy atom. The molecule has 2 aromatic carbocycles. The lowest BCUT2D eigenvalue weighted by Crippen LogP contribution is -2.88. The van der Waals surface area contributed by atoms with Crippen molar-refractivity contribution in [3.8, 4) is 5.75 Å². The summed E-state index contributed by atoms with van der Waals surface area (Å²) in [7, 11) is 3.10. The zero-order chi connectivity index (χ0) is 18.2. The molecule has 0 aliphatic carbocycles. The maximum Gasteiger partial charge on any atom is 0.321 e. The summed E-state index contributed by atoms with van der Waals surface area (Å²) in [6.45, 7) is 2.00. The average molecular weight is 342 g/mol. The Morgan fingerprint density at radius 3 is 2.32 bits per heavy atom. The van der Waals surface area contributed by atoms with E-state index in [2.05, 4.69) is 10.6 Å². The summed E-state index contributed by atoms with van der Waals surface area (Å²) in [5, 5.41) is 6.68. The lowest BCUT2D eigenvalue weighted by Gasteiger charge is -2.21. The van der Waals surface area contributed by atoms with Crippen LogP contribution in [0.4, 0.5) is 4.79 Å². The first-order valence-corrected chi connectivity index (χ1v) is 8.12. The van der Waals surface area contributed by atoms with Gasteiger partial charge in [0.05, 0.1) is 12.7 Å². The number of benzene rings is 2. The van der Waals surface area contributed by atoms with Gasteiger partial charge in [0.1, 0.15) is 11.8 Å². The van der Waals surface area contributed by atoms with E-state index in [1.165, 1.54) is 7.05 Å². The zero-order valence-electron chi connectivity index (χ0n) is 14.7. The Kier molecular flexibility index (Phi) is 6.54. The largest absolute Gasteiger partial charge is 0.496 e. The van der Waals surface area contributed by atoms with E-state index in [9.17, 15) is 9.59 Å². The summed E-state index contributed by atoms with van der Waals surface area (Å²) in [6, 6.07) is 16.0. The minimum Gasteiger partial charge on any atom is -0.496 e. The van der Waals surface area contributed by atoms with E-state index in [0.717, 1.165) is 16.9 Å². The van der Waals surface area contributed by atoms with Crippen molar-refractivity contribution < 1.29 is 19.6 Å². The van der Waals surface area contributed by atoms with Crippen LogP contribution in [0.5, 0.6) is 5.75 Å². The van der Waals surface area contributed by atoms with E-state index < -0.39 is 12.1 Å². The number of carbonyl (C=O) groups is 2. The predicted octanol–water partition coefficient (Wildman–Crippen LogP) is 1.52. The molecule has 0 unspecified atom stereocenters. The van der Waals surface area contributed by atoms with Gasteiger partial charge in [-0.1, -0.05) is 42.5 Å². The molecule has 2 atom stereocenters. The second kappa shape index (κ2) is 8.84. The zero-order valence-corrected chi connectivity index (χ0v) is 14.7. The highest BCUT2D eigenvalue weighted by Crippen LogP contribution is 2.23. The number of para-hydroxylation sites is 1. The van der Waals surface area contributed by atoms with Crippen molar-refractivity contribution in [2.24, 2.45) is 0 Å². The van der Waals surface area contributed by atoms with Crippen LogP contribution in [0.15, 0.2) is 54.6 Å². The molecule has 0 saturated heterocycles. The molecule has 4 N–H and O–H groups in total. The highest BCUT2D eigenvalue weighted by molar-refractivity contribution is 5.96. The van der Waals surface area contributed by atoms with Gasteiger partial charge in [0.15, 0.2) is 6.04 Å². The molecule has 0 spiro atoms. The number of nitrogens with one attached hydrogen (secondary N) is 2. The highest BCUT2D eigenvalue weighted by atomic mass is 16.5. The minimum absolute atomic E-state index is 0.0446. The molecule has 2 rings (SSSR count). The van der Waals surface area contributed by atoms with Gasteiger partial charge < -0.3 is 15.4 Å². The summed E-state index contributed by atoms with van der Waals surface area (Å²) < 4.78 is 5.41. The summed E-state index contributed by atoms with van der Waals surface area (Å²) in [6.07, 6.45) is 0. The van der Waals surface area contributed by atoms with Gasteiger partial charge in [-0.15, -0.1) is 0 Å². The maximum atomic E-state index is 12.6. The number of quaternary nitrogens is 1. The normalized spacial score (nSPS) is 12.8.